The van der Waals surface area contributed by atoms with Crippen molar-refractivity contribution in [2.45, 2.75) is 19.3 Å². The first-order valence-corrected chi connectivity index (χ1v) is 3.37. The quantitative estimate of drug-likeness (QED) is 0.430. The molecule has 0 heterocycles. The van der Waals surface area contributed by atoms with Crippen molar-refractivity contribution in [2.75, 3.05) is 0 Å². The molecule has 1 aliphatic carbocycles. The third-order valence-electron chi connectivity index (χ3n) is 1.24. The Kier molecular flexibility index (Phi) is 2.91. The summed E-state index contributed by atoms with van der Waals surface area (Å²) in [6.45, 7) is 0. The Morgan fingerprint density at radius 2 is 2.11 bits per heavy atom. The van der Waals surface area contributed by atoms with E-state index in [9.17, 15) is 0 Å². The molecule has 0 N–H and O–H groups in total. The van der Waals surface area contributed by atoms with Gasteiger partial charge in [-0.1, -0.05) is 30.4 Å². The van der Waals surface area contributed by atoms with Crippen molar-refractivity contribution in [3.8, 4) is 0 Å². The van der Waals surface area contributed by atoms with Crippen LogP contribution in [0.5, 0.6) is 0 Å². The standard InChI is InChI=1S/C9H11/c1-2-4-6-8-9-7-5-3-1/h1-3,6,8H,4,7,9H2. The number of hydrogen-bond donors (Lipinski definition) is 0. The lowest BCUT2D eigenvalue weighted by Gasteiger charge is -1.80. The highest BCUT2D eigenvalue weighted by atomic mass is 13.8. The minimum atomic E-state index is 1.06. The van der Waals surface area contributed by atoms with Crippen LogP contribution in [0.25, 0.3) is 0 Å². The average molecular weight is 119 g/mol. The molecular formula is C9H11. The maximum absolute atomic E-state index is 3.16. The van der Waals surface area contributed by atoms with Crippen LogP contribution in [0.15, 0.2) is 30.4 Å². The highest BCUT2D eigenvalue weighted by Crippen LogP contribution is 1.97. The monoisotopic (exact) mass is 119 g/mol. The average Bonchev–Trinajstić information content (AvgIpc) is 2.00. The van der Waals surface area contributed by atoms with E-state index in [2.05, 4.69) is 30.4 Å². The Morgan fingerprint density at radius 1 is 1.11 bits per heavy atom. The first-order chi connectivity index (χ1) is 4.50. The van der Waals surface area contributed by atoms with Crippen LogP contribution in [-0.4, -0.2) is 0 Å². The van der Waals surface area contributed by atoms with Crippen LogP contribution >= 0.6 is 0 Å². The van der Waals surface area contributed by atoms with Gasteiger partial charge in [-0.05, 0) is 25.3 Å². The van der Waals surface area contributed by atoms with Gasteiger partial charge in [-0.15, -0.1) is 0 Å². The Morgan fingerprint density at radius 3 is 3.11 bits per heavy atom. The number of allylic oxidation sites excluding steroid dienone is 6. The van der Waals surface area contributed by atoms with E-state index >= 15 is 0 Å². The number of hydrogen-bond acceptors (Lipinski definition) is 0. The molecule has 0 fully saturated rings. The van der Waals surface area contributed by atoms with Gasteiger partial charge >= 0.3 is 0 Å². The topological polar surface area (TPSA) is 0 Å². The molecule has 0 aromatic heterocycles. The van der Waals surface area contributed by atoms with Gasteiger partial charge in [-0.2, -0.15) is 0 Å². The predicted octanol–water partition coefficient (Wildman–Crippen LogP) is 2.64. The molecule has 0 aromatic rings. The summed E-state index contributed by atoms with van der Waals surface area (Å²) in [7, 11) is 0. The Bertz CT molecular complexity index is 138. The lowest BCUT2D eigenvalue weighted by molar-refractivity contribution is 1.02. The van der Waals surface area contributed by atoms with Crippen molar-refractivity contribution in [1.29, 1.82) is 0 Å². The van der Waals surface area contributed by atoms with E-state index in [1.165, 1.54) is 0 Å². The van der Waals surface area contributed by atoms with E-state index in [0.717, 1.165) is 19.3 Å². The molecule has 0 saturated carbocycles. The largest absolute Gasteiger partial charge is 0.0879 e. The van der Waals surface area contributed by atoms with Gasteiger partial charge in [0.05, 0.1) is 0 Å². The van der Waals surface area contributed by atoms with Gasteiger partial charge in [0.15, 0.2) is 0 Å². The third-order valence-corrected chi connectivity index (χ3v) is 1.24. The molecule has 0 atom stereocenters. The van der Waals surface area contributed by atoms with E-state index < -0.39 is 0 Å². The number of rotatable bonds is 0. The highest BCUT2D eigenvalue weighted by Gasteiger charge is 1.78. The fraction of sp³-hybridized carbons (Fsp3) is 0.333. The Balaban J connectivity index is 2.43. The lowest BCUT2D eigenvalue weighted by atomic mass is 10.3. The Labute approximate surface area is 56.6 Å². The summed E-state index contributed by atoms with van der Waals surface area (Å²) >= 11 is 0. The van der Waals surface area contributed by atoms with Gasteiger partial charge in [-0.3, -0.25) is 0 Å². The van der Waals surface area contributed by atoms with Gasteiger partial charge in [-0.25, -0.2) is 0 Å². The Hall–Kier alpha value is -0.780. The van der Waals surface area contributed by atoms with Crippen molar-refractivity contribution in [3.63, 3.8) is 0 Å². The smallest absolute Gasteiger partial charge is 0.0166 e. The van der Waals surface area contributed by atoms with Crippen LogP contribution in [0.2, 0.25) is 0 Å². The summed E-state index contributed by atoms with van der Waals surface area (Å²) in [6.07, 6.45) is 17.0. The molecule has 0 aromatic carbocycles. The summed E-state index contributed by atoms with van der Waals surface area (Å²) in [6, 6.07) is 0. The van der Waals surface area contributed by atoms with E-state index in [4.69, 9.17) is 0 Å². The van der Waals surface area contributed by atoms with E-state index in [-0.39, 0.29) is 0 Å². The van der Waals surface area contributed by atoms with Crippen LogP contribution in [0, 0.1) is 6.08 Å². The normalized spacial score (nSPS) is 18.7. The van der Waals surface area contributed by atoms with E-state index in [0.29, 0.717) is 0 Å². The second kappa shape index (κ2) is 4.13. The molecule has 0 unspecified atom stereocenters. The van der Waals surface area contributed by atoms with Gasteiger partial charge in [0, 0.05) is 0 Å². The zero-order valence-corrected chi connectivity index (χ0v) is 5.51. The predicted molar refractivity (Wildman–Crippen MR) is 39.9 cm³/mol. The van der Waals surface area contributed by atoms with E-state index in [1.54, 1.807) is 0 Å². The molecule has 0 heteroatoms. The van der Waals surface area contributed by atoms with E-state index in [1.807, 2.05) is 6.08 Å². The van der Waals surface area contributed by atoms with Gasteiger partial charge < -0.3 is 0 Å². The maximum atomic E-state index is 3.16. The molecule has 0 bridgehead atoms. The SMILES string of the molecule is [C]1=CC=CCC=CCC1. The minimum absolute atomic E-state index is 1.06. The fourth-order valence-corrected chi connectivity index (χ4v) is 0.757. The molecule has 9 heavy (non-hydrogen) atoms. The van der Waals surface area contributed by atoms with Gasteiger partial charge in [0.2, 0.25) is 0 Å². The third kappa shape index (κ3) is 2.91. The molecule has 0 saturated heterocycles. The minimum Gasteiger partial charge on any atom is -0.0879 e. The second-order valence-electron chi connectivity index (χ2n) is 2.04. The van der Waals surface area contributed by atoms with Crippen LogP contribution in [0.4, 0.5) is 0 Å². The first-order valence-electron chi connectivity index (χ1n) is 3.37. The van der Waals surface area contributed by atoms with Crippen LogP contribution < -0.4 is 0 Å². The highest BCUT2D eigenvalue weighted by molar-refractivity contribution is 5.04. The lowest BCUT2D eigenvalue weighted by Crippen LogP contribution is -1.62. The molecule has 1 aliphatic rings. The molecule has 0 nitrogen and oxygen atoms in total. The molecule has 0 amide bonds. The molecule has 0 aliphatic heterocycles. The molecular weight excluding hydrogens is 108 g/mol. The summed E-state index contributed by atoms with van der Waals surface area (Å²) < 4.78 is 0. The van der Waals surface area contributed by atoms with Crippen molar-refractivity contribution in [2.24, 2.45) is 0 Å². The summed E-state index contributed by atoms with van der Waals surface area (Å²) in [5.41, 5.74) is 0. The molecule has 1 rings (SSSR count). The summed E-state index contributed by atoms with van der Waals surface area (Å²) in [5, 5.41) is 0. The first kappa shape index (κ1) is 6.34. The zero-order chi connectivity index (χ0) is 6.36. The van der Waals surface area contributed by atoms with Crippen molar-refractivity contribution >= 4 is 0 Å². The van der Waals surface area contributed by atoms with Gasteiger partial charge in [0.25, 0.3) is 0 Å². The maximum Gasteiger partial charge on any atom is -0.0166 e. The molecule has 1 radical (unpaired) electrons. The summed E-state index contributed by atoms with van der Waals surface area (Å²) in [5.74, 6) is 0. The molecule has 0 spiro atoms. The second-order valence-corrected chi connectivity index (χ2v) is 2.04. The summed E-state index contributed by atoms with van der Waals surface area (Å²) in [4.78, 5) is 0. The van der Waals surface area contributed by atoms with Crippen molar-refractivity contribution < 1.29 is 0 Å². The van der Waals surface area contributed by atoms with Crippen LogP contribution in [-0.2, 0) is 0 Å². The zero-order valence-electron chi connectivity index (χ0n) is 5.51. The molecule has 47 valence electrons. The van der Waals surface area contributed by atoms with Crippen LogP contribution in [0.3, 0.4) is 0 Å². The van der Waals surface area contributed by atoms with Crippen molar-refractivity contribution in [1.82, 2.24) is 0 Å². The van der Waals surface area contributed by atoms with Gasteiger partial charge in [0.1, 0.15) is 0 Å². The van der Waals surface area contributed by atoms with Crippen molar-refractivity contribution in [3.05, 3.63) is 36.5 Å². The fourth-order valence-electron chi connectivity index (χ4n) is 0.757. The van der Waals surface area contributed by atoms with Crippen LogP contribution in [0.1, 0.15) is 19.3 Å².